The van der Waals surface area contributed by atoms with Crippen molar-refractivity contribution in [2.75, 3.05) is 125 Å². The van der Waals surface area contributed by atoms with Crippen LogP contribution in [0.2, 0.25) is 0 Å². The summed E-state index contributed by atoms with van der Waals surface area (Å²) in [7, 11) is 0. The van der Waals surface area contributed by atoms with Crippen LogP contribution in [0.1, 0.15) is 142 Å². The number of hydrogen-bond donors (Lipinski definition) is 9. The van der Waals surface area contributed by atoms with Crippen molar-refractivity contribution in [3.63, 3.8) is 0 Å². The lowest BCUT2D eigenvalue weighted by Gasteiger charge is -2.20. The van der Waals surface area contributed by atoms with Gasteiger partial charge in [0.15, 0.2) is 11.6 Å². The smallest absolute Gasteiger partial charge is 0.246 e. The van der Waals surface area contributed by atoms with Crippen molar-refractivity contribution in [1.82, 2.24) is 41.9 Å². The lowest BCUT2D eigenvalue weighted by molar-refractivity contribution is -0.128. The summed E-state index contributed by atoms with van der Waals surface area (Å²) >= 11 is 0. The number of nitrogens with one attached hydrogen (secondary N) is 7. The molecule has 0 spiro atoms. The molecule has 1 rings (SSSR count). The molecule has 23 nitrogen and oxygen atoms in total. The zero-order chi connectivity index (χ0) is 56.2. The summed E-state index contributed by atoms with van der Waals surface area (Å²) in [5.74, 6) is -1.76. The molecule has 0 aromatic carbocycles. The van der Waals surface area contributed by atoms with E-state index in [1.54, 1.807) is 6.20 Å². The van der Waals surface area contributed by atoms with Gasteiger partial charge in [-0.1, -0.05) is 96.8 Å². The van der Waals surface area contributed by atoms with Crippen molar-refractivity contribution in [3.05, 3.63) is 18.2 Å². The minimum atomic E-state index is -0.877. The normalized spacial score (nSPS) is 12.5. The largest absolute Gasteiger partial charge is 0.394 e. The van der Waals surface area contributed by atoms with Crippen LogP contribution in [0.5, 0.6) is 0 Å². The first-order valence-electron chi connectivity index (χ1n) is 28.4. The van der Waals surface area contributed by atoms with E-state index in [1.165, 1.54) is 96.7 Å². The number of aliphatic hydroxyl groups excluding tert-OH is 1. The lowest BCUT2D eigenvalue weighted by Crippen LogP contribution is -2.49. The van der Waals surface area contributed by atoms with Crippen molar-refractivity contribution >= 4 is 41.0 Å². The topological polar surface area (TPSA) is 322 Å². The number of amides is 4. The first-order valence-corrected chi connectivity index (χ1v) is 28.4. The molecule has 0 radical (unpaired) electrons. The van der Waals surface area contributed by atoms with Crippen molar-refractivity contribution in [3.8, 4) is 0 Å². The van der Waals surface area contributed by atoms with Gasteiger partial charge in [-0.15, -0.1) is 0 Å². The fraction of sp³-hybridized carbons (Fsp3) is 0.815. The van der Waals surface area contributed by atoms with Crippen LogP contribution in [0.4, 0.5) is 0 Å². The molecule has 0 unspecified atom stereocenters. The summed E-state index contributed by atoms with van der Waals surface area (Å²) in [6, 6.07) is -2.41. The van der Waals surface area contributed by atoms with Crippen LogP contribution >= 0.6 is 0 Å². The number of carbonyl (C=O) groups is 7. The minimum absolute atomic E-state index is 0.0523. The molecule has 444 valence electrons. The van der Waals surface area contributed by atoms with Crippen LogP contribution in [0, 0.1) is 0 Å². The van der Waals surface area contributed by atoms with Gasteiger partial charge in [-0.3, -0.25) is 38.9 Å². The SMILES string of the molecule is CCCCCCCCCCCCCCCCCC(=O)NCCOCCOCC(=O)NCCOCCOCC(=O)NCCOCCOCC(=O)NCCCC[C@H](NCC(=O)[C@@H](N)Cc1cnc[nH]1)C(=O)CN[C@@H](CO)C(C)=O. The maximum atomic E-state index is 13.0. The number of Topliss-reactive ketones (excluding diaryl/α,β-unsaturated/α-hetero) is 3. The molecule has 0 bridgehead atoms. The molecule has 77 heavy (non-hydrogen) atoms. The number of rotatable bonds is 57. The highest BCUT2D eigenvalue weighted by atomic mass is 16.5. The number of nitrogens with two attached hydrogens (primary N) is 1. The monoisotopic (exact) mass is 1100 g/mol. The second kappa shape index (κ2) is 51.2. The number of H-pyrrole nitrogens is 1. The van der Waals surface area contributed by atoms with Crippen LogP contribution in [-0.4, -0.2) is 199 Å². The van der Waals surface area contributed by atoms with Gasteiger partial charge in [-0.05, 0) is 32.6 Å². The Morgan fingerprint density at radius 3 is 1.42 bits per heavy atom. The molecule has 1 aromatic heterocycles. The van der Waals surface area contributed by atoms with E-state index >= 15 is 0 Å². The molecule has 0 saturated carbocycles. The Kier molecular flexibility index (Phi) is 47.0. The quantitative estimate of drug-likeness (QED) is 0.0421. The second-order valence-corrected chi connectivity index (χ2v) is 19.1. The predicted octanol–water partition coefficient (Wildman–Crippen LogP) is 1.91. The highest BCUT2D eigenvalue weighted by Gasteiger charge is 2.23. The van der Waals surface area contributed by atoms with Crippen LogP contribution in [-0.2, 0) is 68.4 Å². The Hall–Kier alpha value is -4.30. The van der Waals surface area contributed by atoms with Crippen LogP contribution in [0.15, 0.2) is 12.5 Å². The van der Waals surface area contributed by atoms with Gasteiger partial charge >= 0.3 is 0 Å². The number of carbonyl (C=O) groups excluding carboxylic acids is 7. The van der Waals surface area contributed by atoms with Crippen LogP contribution < -0.4 is 37.6 Å². The summed E-state index contributed by atoms with van der Waals surface area (Å²) in [4.78, 5) is 92.5. The number of ether oxygens (including phenoxy) is 6. The first kappa shape index (κ1) is 70.7. The van der Waals surface area contributed by atoms with E-state index < -0.39 is 24.7 Å². The Morgan fingerprint density at radius 2 is 0.961 bits per heavy atom. The number of nitrogens with zero attached hydrogens (tertiary/aromatic N) is 1. The van der Waals surface area contributed by atoms with Crippen molar-refractivity contribution < 1.29 is 67.1 Å². The molecular weight excluding hydrogens is 999 g/mol. The summed E-state index contributed by atoms with van der Waals surface area (Å²) in [6.07, 6.45) is 24.8. The molecule has 0 fully saturated rings. The van der Waals surface area contributed by atoms with E-state index in [2.05, 4.69) is 48.8 Å². The minimum Gasteiger partial charge on any atom is -0.394 e. The van der Waals surface area contributed by atoms with E-state index in [1.807, 2.05) is 0 Å². The van der Waals surface area contributed by atoms with Crippen LogP contribution in [0.25, 0.3) is 0 Å². The number of unbranched alkanes of at least 4 members (excludes halogenated alkanes) is 15. The van der Waals surface area contributed by atoms with Gasteiger partial charge in [0.2, 0.25) is 23.6 Å². The van der Waals surface area contributed by atoms with Crippen molar-refractivity contribution in [2.24, 2.45) is 5.73 Å². The Morgan fingerprint density at radius 1 is 0.532 bits per heavy atom. The van der Waals surface area contributed by atoms with Gasteiger partial charge in [0.25, 0.3) is 0 Å². The third-order valence-electron chi connectivity index (χ3n) is 12.3. The fourth-order valence-electron chi connectivity index (χ4n) is 7.70. The summed E-state index contributed by atoms with van der Waals surface area (Å²) < 4.78 is 32.4. The number of aliphatic hydroxyl groups is 1. The molecule has 0 aliphatic carbocycles. The maximum absolute atomic E-state index is 13.0. The first-order chi connectivity index (χ1) is 37.5. The molecule has 3 atom stereocenters. The van der Waals surface area contributed by atoms with E-state index in [9.17, 15) is 38.7 Å². The molecule has 0 aliphatic heterocycles. The Balaban J connectivity index is 1.93. The zero-order valence-corrected chi connectivity index (χ0v) is 46.7. The average Bonchev–Trinajstić information content (AvgIpc) is 3.93. The summed E-state index contributed by atoms with van der Waals surface area (Å²) in [6.45, 7) is 5.92. The van der Waals surface area contributed by atoms with Crippen LogP contribution in [0.3, 0.4) is 0 Å². The maximum Gasteiger partial charge on any atom is 0.246 e. The Bertz CT molecular complexity index is 1660. The average molecular weight is 1100 g/mol. The zero-order valence-electron chi connectivity index (χ0n) is 46.7. The van der Waals surface area contributed by atoms with Gasteiger partial charge in [-0.2, -0.15) is 0 Å². The van der Waals surface area contributed by atoms with E-state index in [0.29, 0.717) is 64.2 Å². The fourth-order valence-corrected chi connectivity index (χ4v) is 7.70. The molecule has 1 aromatic rings. The number of ketones is 3. The van der Waals surface area contributed by atoms with Gasteiger partial charge in [0.05, 0.1) is 104 Å². The number of aromatic nitrogens is 2. The van der Waals surface area contributed by atoms with Gasteiger partial charge in [0.1, 0.15) is 25.6 Å². The van der Waals surface area contributed by atoms with Crippen molar-refractivity contribution in [2.45, 2.75) is 160 Å². The highest BCUT2D eigenvalue weighted by Crippen LogP contribution is 2.14. The van der Waals surface area contributed by atoms with Crippen molar-refractivity contribution in [1.29, 1.82) is 0 Å². The molecule has 10 N–H and O–H groups in total. The third-order valence-corrected chi connectivity index (χ3v) is 12.3. The van der Waals surface area contributed by atoms with Gasteiger partial charge in [0, 0.05) is 50.9 Å². The standard InChI is InChI=1S/C54H99N9O14/c1-3-4-5-6-7-8-9-10-11-12-13-14-15-16-17-21-51(68)58-23-26-72-29-33-76-41-53(70)60-25-28-74-31-34-77-42-54(71)59-24-27-73-30-32-75-40-52(69)57-22-19-18-20-47(50(67)38-62-48(39-64)44(2)65)61-37-49(66)46(55)35-45-36-56-43-63-45/h36,43,46-48,61-62,64H,3-35,37-42,55H2,1-2H3,(H,56,63)(H,57,69)(H,58,68)(H,59,71)(H,60,70)/t46-,47-,48-/m0/s1. The Labute approximate surface area is 458 Å². The third kappa shape index (κ3) is 44.3. The predicted molar refractivity (Wildman–Crippen MR) is 292 cm³/mol. The molecule has 1 heterocycles. The number of imidazole rings is 1. The van der Waals surface area contributed by atoms with Gasteiger partial charge < -0.3 is 70.8 Å². The van der Waals surface area contributed by atoms with Gasteiger partial charge in [-0.25, -0.2) is 4.98 Å². The summed E-state index contributed by atoms with van der Waals surface area (Å²) in [5, 5.41) is 26.2. The van der Waals surface area contributed by atoms with E-state index in [4.69, 9.17) is 34.2 Å². The second-order valence-electron chi connectivity index (χ2n) is 19.1. The molecule has 0 aliphatic rings. The summed E-state index contributed by atoms with van der Waals surface area (Å²) in [5.41, 5.74) is 6.76. The molecule has 23 heteroatoms. The highest BCUT2D eigenvalue weighted by molar-refractivity contribution is 5.89. The number of aromatic amines is 1. The lowest BCUT2D eigenvalue weighted by atomic mass is 10.0. The van der Waals surface area contributed by atoms with E-state index in [0.717, 1.165) is 12.8 Å². The molecule has 4 amide bonds. The number of hydrogen-bond acceptors (Lipinski definition) is 18. The molecule has 0 saturated heterocycles. The molecular formula is C54H99N9O14. The van der Waals surface area contributed by atoms with E-state index in [-0.39, 0.29) is 133 Å².